The highest BCUT2D eigenvalue weighted by Crippen LogP contribution is 2.39. The minimum absolute atomic E-state index is 0.00797. The second kappa shape index (κ2) is 13.2. The Labute approximate surface area is 254 Å². The van der Waals surface area contributed by atoms with Gasteiger partial charge in [-0.2, -0.15) is 0 Å². The van der Waals surface area contributed by atoms with Crippen LogP contribution in [0.3, 0.4) is 0 Å². The second-order valence-electron chi connectivity index (χ2n) is 10.6. The molecule has 0 radical (unpaired) electrons. The van der Waals surface area contributed by atoms with Gasteiger partial charge in [-0.3, -0.25) is 14.4 Å². The van der Waals surface area contributed by atoms with Crippen LogP contribution in [0.15, 0.2) is 39.5 Å². The number of fused-ring (bicyclic) bond motifs is 1. The van der Waals surface area contributed by atoms with Crippen LogP contribution in [-0.4, -0.2) is 105 Å². The van der Waals surface area contributed by atoms with E-state index in [4.69, 9.17) is 33.2 Å². The first-order valence-electron chi connectivity index (χ1n) is 13.4. The number of carbonyl (C=O) groups excluding carboxylic acids is 1. The topological polar surface area (TPSA) is 252 Å². The summed E-state index contributed by atoms with van der Waals surface area (Å²) in [7, 11) is 2.62. The molecular formula is C29H32O16. The fourth-order valence-electron chi connectivity index (χ4n) is 4.68. The van der Waals surface area contributed by atoms with E-state index in [-0.39, 0.29) is 39.5 Å². The third-order valence-corrected chi connectivity index (χ3v) is 6.95. The van der Waals surface area contributed by atoms with Crippen LogP contribution in [-0.2, 0) is 19.1 Å². The molecular weight excluding hydrogens is 604 g/mol. The van der Waals surface area contributed by atoms with E-state index in [0.717, 1.165) is 13.0 Å². The molecule has 1 saturated heterocycles. The molecule has 45 heavy (non-hydrogen) atoms. The molecule has 1 aromatic heterocycles. The van der Waals surface area contributed by atoms with Crippen LogP contribution >= 0.6 is 0 Å². The summed E-state index contributed by atoms with van der Waals surface area (Å²) in [5.74, 6) is -3.95. The van der Waals surface area contributed by atoms with Crippen molar-refractivity contribution in [1.29, 1.82) is 0 Å². The number of rotatable bonds is 11. The number of benzene rings is 2. The van der Waals surface area contributed by atoms with Crippen LogP contribution in [0.1, 0.15) is 19.8 Å². The number of hydrogen-bond donors (Lipinski definition) is 7. The van der Waals surface area contributed by atoms with Crippen molar-refractivity contribution in [2.45, 2.75) is 56.1 Å². The van der Waals surface area contributed by atoms with Crippen molar-refractivity contribution in [2.24, 2.45) is 0 Å². The summed E-state index contributed by atoms with van der Waals surface area (Å²) in [5.41, 5.74) is -2.89. The second-order valence-corrected chi connectivity index (χ2v) is 10.6. The largest absolute Gasteiger partial charge is 0.507 e. The molecule has 1 aliphatic heterocycles. The molecule has 0 spiro atoms. The molecule has 2 heterocycles. The Hall–Kier alpha value is -4.61. The van der Waals surface area contributed by atoms with Gasteiger partial charge in [-0.15, -0.1) is 0 Å². The Morgan fingerprint density at radius 2 is 1.67 bits per heavy atom. The van der Waals surface area contributed by atoms with Gasteiger partial charge in [-0.25, -0.2) is 0 Å². The number of esters is 1. The van der Waals surface area contributed by atoms with Crippen LogP contribution < -0.4 is 19.6 Å². The Morgan fingerprint density at radius 3 is 2.31 bits per heavy atom. The molecule has 1 fully saturated rings. The lowest BCUT2D eigenvalue weighted by molar-refractivity contribution is -0.278. The Morgan fingerprint density at radius 1 is 0.956 bits per heavy atom. The van der Waals surface area contributed by atoms with Crippen LogP contribution in [0.2, 0.25) is 0 Å². The number of hydrogen-bond acceptors (Lipinski definition) is 15. The first-order chi connectivity index (χ1) is 21.1. The third-order valence-electron chi connectivity index (χ3n) is 6.95. The SMILES string of the molecule is COc1cc(O)c2c(=O)c(O[C@@H]3O[C@H](COC(=O)C[C@@](C)(O)CC(=O)O)[C@@H](O)[C@H](O)[C@@H]3O)c(-c3ccc(O)c(OC)c3)oc2c1. The summed E-state index contributed by atoms with van der Waals surface area (Å²) < 4.78 is 32.6. The molecule has 2 aromatic carbocycles. The Kier molecular flexibility index (Phi) is 9.74. The number of methoxy groups -OCH3 is 2. The van der Waals surface area contributed by atoms with Crippen molar-refractivity contribution in [3.63, 3.8) is 0 Å². The lowest BCUT2D eigenvalue weighted by atomic mass is 9.98. The van der Waals surface area contributed by atoms with Gasteiger partial charge in [-0.1, -0.05) is 0 Å². The zero-order valence-electron chi connectivity index (χ0n) is 24.2. The van der Waals surface area contributed by atoms with Gasteiger partial charge in [0.05, 0.1) is 32.7 Å². The van der Waals surface area contributed by atoms with E-state index in [0.29, 0.717) is 0 Å². The Bertz CT molecular complexity index is 1630. The van der Waals surface area contributed by atoms with Crippen LogP contribution in [0.5, 0.6) is 28.7 Å². The molecule has 244 valence electrons. The van der Waals surface area contributed by atoms with Crippen molar-refractivity contribution in [3.8, 4) is 40.1 Å². The van der Waals surface area contributed by atoms with Gasteiger partial charge in [-0.05, 0) is 25.1 Å². The van der Waals surface area contributed by atoms with Gasteiger partial charge in [0.25, 0.3) is 0 Å². The molecule has 6 atom stereocenters. The number of aliphatic hydroxyl groups excluding tert-OH is 3. The summed E-state index contributed by atoms with van der Waals surface area (Å²) in [6.45, 7) is 0.379. The highest BCUT2D eigenvalue weighted by atomic mass is 16.7. The van der Waals surface area contributed by atoms with Crippen molar-refractivity contribution < 1.29 is 73.4 Å². The first-order valence-corrected chi connectivity index (χ1v) is 13.4. The van der Waals surface area contributed by atoms with Crippen molar-refractivity contribution in [3.05, 3.63) is 40.6 Å². The van der Waals surface area contributed by atoms with Crippen LogP contribution in [0.4, 0.5) is 0 Å². The van der Waals surface area contributed by atoms with E-state index >= 15 is 0 Å². The maximum Gasteiger partial charge on any atom is 0.308 e. The van der Waals surface area contributed by atoms with E-state index in [9.17, 15) is 45.0 Å². The monoisotopic (exact) mass is 636 g/mol. The number of ether oxygens (including phenoxy) is 5. The summed E-state index contributed by atoms with van der Waals surface area (Å²) in [6, 6.07) is 6.38. The smallest absolute Gasteiger partial charge is 0.308 e. The highest BCUT2D eigenvalue weighted by molar-refractivity contribution is 5.88. The third kappa shape index (κ3) is 7.21. The number of aliphatic hydroxyl groups is 4. The molecule has 4 rings (SSSR count). The minimum atomic E-state index is -1.97. The van der Waals surface area contributed by atoms with Gasteiger partial charge in [0.1, 0.15) is 53.5 Å². The van der Waals surface area contributed by atoms with Gasteiger partial charge in [0.15, 0.2) is 17.3 Å². The number of carbonyl (C=O) groups is 2. The van der Waals surface area contributed by atoms with Gasteiger partial charge < -0.3 is 63.8 Å². The van der Waals surface area contributed by atoms with E-state index in [1.165, 1.54) is 38.5 Å². The molecule has 0 saturated carbocycles. The highest BCUT2D eigenvalue weighted by Gasteiger charge is 2.46. The van der Waals surface area contributed by atoms with Crippen LogP contribution in [0.25, 0.3) is 22.3 Å². The molecule has 0 amide bonds. The van der Waals surface area contributed by atoms with Gasteiger partial charge >= 0.3 is 11.9 Å². The van der Waals surface area contributed by atoms with Crippen molar-refractivity contribution in [1.82, 2.24) is 0 Å². The predicted molar refractivity (Wildman–Crippen MR) is 150 cm³/mol. The van der Waals surface area contributed by atoms with E-state index in [1.807, 2.05) is 0 Å². The number of phenolic OH excluding ortho intramolecular Hbond substituents is 2. The molecule has 0 unspecified atom stereocenters. The number of aliphatic carboxylic acids is 1. The molecule has 0 aliphatic carbocycles. The van der Waals surface area contributed by atoms with Crippen molar-refractivity contribution >= 4 is 22.9 Å². The summed E-state index contributed by atoms with van der Waals surface area (Å²) in [4.78, 5) is 36.9. The molecule has 0 bridgehead atoms. The van der Waals surface area contributed by atoms with E-state index < -0.39 is 84.6 Å². The normalized spacial score (nSPS) is 22.8. The maximum absolute atomic E-state index is 13.7. The fraction of sp³-hybridized carbons (Fsp3) is 0.414. The van der Waals surface area contributed by atoms with Crippen LogP contribution in [0, 0.1) is 0 Å². The summed E-state index contributed by atoms with van der Waals surface area (Å²) in [6.07, 6.45) is -10.6. The average molecular weight is 637 g/mol. The van der Waals surface area contributed by atoms with Gasteiger partial charge in [0, 0.05) is 17.7 Å². The quantitative estimate of drug-likeness (QED) is 0.139. The zero-order chi connectivity index (χ0) is 33.2. The zero-order valence-corrected chi connectivity index (χ0v) is 24.2. The molecule has 3 aromatic rings. The van der Waals surface area contributed by atoms with Crippen molar-refractivity contribution in [2.75, 3.05) is 20.8 Å². The maximum atomic E-state index is 13.7. The number of phenols is 2. The number of carboxylic acids is 1. The lowest BCUT2D eigenvalue weighted by Crippen LogP contribution is -2.60. The summed E-state index contributed by atoms with van der Waals surface area (Å²) in [5, 5.41) is 71.0. The van der Waals surface area contributed by atoms with Gasteiger partial charge in [0.2, 0.25) is 17.5 Å². The fourth-order valence-corrected chi connectivity index (χ4v) is 4.68. The van der Waals surface area contributed by atoms with E-state index in [2.05, 4.69) is 0 Å². The number of aromatic hydroxyl groups is 2. The van der Waals surface area contributed by atoms with E-state index in [1.54, 1.807) is 0 Å². The average Bonchev–Trinajstić information content (AvgIpc) is 2.96. The summed E-state index contributed by atoms with van der Waals surface area (Å²) >= 11 is 0. The molecule has 7 N–H and O–H groups in total. The first kappa shape index (κ1) is 33.3. The Balaban J connectivity index is 1.70. The standard InChI is InChI=1S/C29H32O16/c1-29(39,9-19(32)33)10-20(34)42-11-18-22(35)24(37)25(38)28(44-18)45-27-23(36)21-15(31)7-13(40-2)8-17(21)43-26(27)12-4-5-14(30)16(6-12)41-3/h4-8,18,22,24-25,28,30-31,35,37-39H,9-11H2,1-3H3,(H,32,33)/t18-,22-,24+,25+,28+,29+/m1/s1. The lowest BCUT2D eigenvalue weighted by Gasteiger charge is -2.39. The minimum Gasteiger partial charge on any atom is -0.507 e. The molecule has 16 heteroatoms. The molecule has 1 aliphatic rings. The number of carboxylic acid groups (broad SMARTS) is 1. The molecule has 16 nitrogen and oxygen atoms in total. The predicted octanol–water partition coefficient (Wildman–Crippen LogP) is 0.234.